The summed E-state index contributed by atoms with van der Waals surface area (Å²) in [6.45, 7) is 15.6. The van der Waals surface area contributed by atoms with Gasteiger partial charge in [-0.05, 0) is 99.9 Å². The van der Waals surface area contributed by atoms with E-state index >= 15 is 0 Å². The van der Waals surface area contributed by atoms with Crippen LogP contribution in [0.1, 0.15) is 93.1 Å². The zero-order valence-corrected chi connectivity index (χ0v) is 23.1. The maximum absolute atomic E-state index is 12.3. The molecule has 188 valence electrons. The fourth-order valence-corrected chi connectivity index (χ4v) is 4.25. The Hall–Kier alpha value is -2.27. The van der Waals surface area contributed by atoms with Gasteiger partial charge in [-0.1, -0.05) is 32.9 Å². The molecule has 34 heavy (non-hydrogen) atoms. The van der Waals surface area contributed by atoms with Crippen LogP contribution >= 0.6 is 11.3 Å². The Morgan fingerprint density at radius 3 is 1.82 bits per heavy atom. The predicted molar refractivity (Wildman–Crippen MR) is 146 cm³/mol. The van der Waals surface area contributed by atoms with E-state index in [1.807, 2.05) is 43.0 Å². The molecule has 5 heteroatoms. The lowest BCUT2D eigenvalue weighted by Crippen LogP contribution is -2.37. The summed E-state index contributed by atoms with van der Waals surface area (Å²) < 4.78 is 0. The van der Waals surface area contributed by atoms with E-state index in [-0.39, 0.29) is 5.91 Å². The number of nitrogens with zero attached hydrogens (tertiary/aromatic N) is 1. The molecule has 4 nitrogen and oxygen atoms in total. The van der Waals surface area contributed by atoms with Crippen LogP contribution in [0.2, 0.25) is 0 Å². The second-order valence-electron chi connectivity index (χ2n) is 9.26. The molecule has 1 aromatic heterocycles. The molecule has 2 heterocycles. The Kier molecular flexibility index (Phi) is 13.7. The van der Waals surface area contributed by atoms with Gasteiger partial charge in [0, 0.05) is 35.7 Å². The van der Waals surface area contributed by atoms with Crippen molar-refractivity contribution >= 4 is 28.7 Å². The first kappa shape index (κ1) is 29.8. The summed E-state index contributed by atoms with van der Waals surface area (Å²) in [6, 6.07) is 9.54. The van der Waals surface area contributed by atoms with Crippen LogP contribution in [-0.4, -0.2) is 35.4 Å². The van der Waals surface area contributed by atoms with E-state index in [1.54, 1.807) is 25.2 Å². The Balaban J connectivity index is 0.000000295. The SMILES string of the molecule is CC.CC(=N)c1ccc(C(=O)N2CCC(C)CC2)cc1.CC(=O)CC1CC1.Cc1csc(C)c1. The van der Waals surface area contributed by atoms with Crippen molar-refractivity contribution in [3.63, 3.8) is 0 Å². The summed E-state index contributed by atoms with van der Waals surface area (Å²) in [7, 11) is 0. The number of likely N-dealkylation sites (tertiary alicyclic amines) is 1. The number of hydrogen-bond acceptors (Lipinski definition) is 4. The van der Waals surface area contributed by atoms with E-state index in [4.69, 9.17) is 5.41 Å². The molecule has 1 amide bonds. The second kappa shape index (κ2) is 15.6. The molecule has 1 saturated heterocycles. The zero-order valence-electron chi connectivity index (χ0n) is 22.2. The Morgan fingerprint density at radius 1 is 0.971 bits per heavy atom. The highest BCUT2D eigenvalue weighted by Gasteiger charge is 2.22. The number of aryl methyl sites for hydroxylation is 2. The number of amides is 1. The minimum absolute atomic E-state index is 0.121. The lowest BCUT2D eigenvalue weighted by atomic mass is 9.98. The number of benzene rings is 1. The van der Waals surface area contributed by atoms with Crippen molar-refractivity contribution in [3.05, 3.63) is 57.3 Å². The molecule has 1 aliphatic heterocycles. The molecule has 0 unspecified atom stereocenters. The third kappa shape index (κ3) is 11.7. The van der Waals surface area contributed by atoms with Crippen molar-refractivity contribution in [2.24, 2.45) is 11.8 Å². The molecule has 1 aliphatic carbocycles. The van der Waals surface area contributed by atoms with Gasteiger partial charge >= 0.3 is 0 Å². The van der Waals surface area contributed by atoms with Gasteiger partial charge in [-0.3, -0.25) is 4.79 Å². The van der Waals surface area contributed by atoms with Gasteiger partial charge in [0.25, 0.3) is 5.91 Å². The zero-order chi connectivity index (χ0) is 25.7. The van der Waals surface area contributed by atoms with Crippen LogP contribution in [0, 0.1) is 31.1 Å². The van der Waals surface area contributed by atoms with Gasteiger partial charge < -0.3 is 15.1 Å². The third-order valence-electron chi connectivity index (χ3n) is 5.77. The number of hydrogen-bond donors (Lipinski definition) is 1. The number of carbonyl (C=O) groups is 2. The minimum Gasteiger partial charge on any atom is -0.339 e. The highest BCUT2D eigenvalue weighted by molar-refractivity contribution is 7.10. The van der Waals surface area contributed by atoms with Gasteiger partial charge in [0.15, 0.2) is 0 Å². The van der Waals surface area contributed by atoms with Crippen LogP contribution in [-0.2, 0) is 4.79 Å². The van der Waals surface area contributed by atoms with Crippen molar-refractivity contribution in [2.75, 3.05) is 13.1 Å². The van der Waals surface area contributed by atoms with Crippen LogP contribution in [0.25, 0.3) is 0 Å². The quantitative estimate of drug-likeness (QED) is 0.452. The molecular formula is C29H44N2O2S. The van der Waals surface area contributed by atoms with Crippen molar-refractivity contribution < 1.29 is 9.59 Å². The number of ketones is 1. The first-order chi connectivity index (χ1) is 16.2. The summed E-state index contributed by atoms with van der Waals surface area (Å²) >= 11 is 1.80. The molecule has 2 aliphatic rings. The van der Waals surface area contributed by atoms with E-state index in [1.165, 1.54) is 23.3 Å². The highest BCUT2D eigenvalue weighted by atomic mass is 32.1. The van der Waals surface area contributed by atoms with Crippen molar-refractivity contribution in [1.82, 2.24) is 4.90 Å². The summed E-state index contributed by atoms with van der Waals surface area (Å²) in [5.41, 5.74) is 3.51. The van der Waals surface area contributed by atoms with E-state index in [9.17, 15) is 9.59 Å². The van der Waals surface area contributed by atoms with Crippen LogP contribution in [0.15, 0.2) is 35.7 Å². The first-order valence-corrected chi connectivity index (χ1v) is 13.5. The standard InChI is InChI=1S/C15H20N2O.C6H10O.C6H8S.C2H6/c1-11-7-9-17(10-8-11)15(18)14-5-3-13(4-6-14)12(2)16;1-5(7)4-6-2-3-6;1-5-3-6(2)7-4-5;1-2/h3-6,11,16H,7-10H2,1-2H3;6H,2-4H2,1H3;3-4H,1-2H3;1-2H3. The molecular weight excluding hydrogens is 440 g/mol. The van der Waals surface area contributed by atoms with E-state index < -0.39 is 0 Å². The fourth-order valence-electron chi connectivity index (χ4n) is 3.56. The molecule has 4 rings (SSSR count). The van der Waals surface area contributed by atoms with Crippen molar-refractivity contribution in [1.29, 1.82) is 5.41 Å². The number of nitrogens with one attached hydrogen (secondary N) is 1. The number of carbonyl (C=O) groups excluding carboxylic acids is 2. The Labute approximate surface area is 211 Å². The maximum atomic E-state index is 12.3. The topological polar surface area (TPSA) is 61.2 Å². The summed E-state index contributed by atoms with van der Waals surface area (Å²) in [4.78, 5) is 25.9. The molecule has 0 radical (unpaired) electrons. The first-order valence-electron chi connectivity index (χ1n) is 12.6. The molecule has 1 aromatic carbocycles. The third-order valence-corrected chi connectivity index (χ3v) is 6.75. The summed E-state index contributed by atoms with van der Waals surface area (Å²) in [5.74, 6) is 1.98. The van der Waals surface area contributed by atoms with Gasteiger partial charge in [-0.15, -0.1) is 11.3 Å². The maximum Gasteiger partial charge on any atom is 0.253 e. The van der Waals surface area contributed by atoms with E-state index in [0.717, 1.165) is 55.3 Å². The monoisotopic (exact) mass is 484 g/mol. The van der Waals surface area contributed by atoms with Crippen LogP contribution in [0.4, 0.5) is 0 Å². The molecule has 0 spiro atoms. The Bertz CT molecular complexity index is 873. The largest absolute Gasteiger partial charge is 0.339 e. The minimum atomic E-state index is 0.121. The van der Waals surface area contributed by atoms with Crippen LogP contribution < -0.4 is 0 Å². The average Bonchev–Trinajstić information content (AvgIpc) is 3.55. The summed E-state index contributed by atoms with van der Waals surface area (Å²) in [5, 5.41) is 9.70. The molecule has 1 N–H and O–H groups in total. The number of thiophene rings is 1. The van der Waals surface area contributed by atoms with Crippen LogP contribution in [0.5, 0.6) is 0 Å². The van der Waals surface area contributed by atoms with Gasteiger partial charge in [0.2, 0.25) is 0 Å². The molecule has 2 aromatic rings. The summed E-state index contributed by atoms with van der Waals surface area (Å²) in [6.07, 6.45) is 5.62. The van der Waals surface area contributed by atoms with Gasteiger partial charge in [0.1, 0.15) is 5.78 Å². The van der Waals surface area contributed by atoms with Crippen molar-refractivity contribution in [2.45, 2.75) is 80.6 Å². The molecule has 1 saturated carbocycles. The normalized spacial score (nSPS) is 15.0. The smallest absolute Gasteiger partial charge is 0.253 e. The number of Topliss-reactive ketones (excluding diaryl/α,β-unsaturated/α-hetero) is 1. The van der Waals surface area contributed by atoms with Gasteiger partial charge in [0.05, 0.1) is 0 Å². The highest BCUT2D eigenvalue weighted by Crippen LogP contribution is 2.32. The van der Waals surface area contributed by atoms with E-state index in [0.29, 0.717) is 11.5 Å². The van der Waals surface area contributed by atoms with Crippen molar-refractivity contribution in [3.8, 4) is 0 Å². The molecule has 0 bridgehead atoms. The molecule has 0 atom stereocenters. The number of rotatable bonds is 4. The fraction of sp³-hybridized carbons (Fsp3) is 0.552. The number of piperidine rings is 1. The van der Waals surface area contributed by atoms with Gasteiger partial charge in [-0.25, -0.2) is 0 Å². The Morgan fingerprint density at radius 2 is 1.50 bits per heavy atom. The van der Waals surface area contributed by atoms with E-state index in [2.05, 4.69) is 32.2 Å². The second-order valence-corrected chi connectivity index (χ2v) is 10.4. The molecule has 2 fully saturated rings. The van der Waals surface area contributed by atoms with Crippen LogP contribution in [0.3, 0.4) is 0 Å². The average molecular weight is 485 g/mol. The lowest BCUT2D eigenvalue weighted by molar-refractivity contribution is -0.117. The predicted octanol–water partition coefficient (Wildman–Crippen LogP) is 7.71. The van der Waals surface area contributed by atoms with Gasteiger partial charge in [-0.2, -0.15) is 0 Å². The lowest BCUT2D eigenvalue weighted by Gasteiger charge is -2.30.